The fourth-order valence-corrected chi connectivity index (χ4v) is 0.415. The predicted molar refractivity (Wildman–Crippen MR) is 37.0 cm³/mol. The second kappa shape index (κ2) is 5.41. The van der Waals surface area contributed by atoms with Gasteiger partial charge in [0.15, 0.2) is 0 Å². The minimum Gasteiger partial charge on any atom is -0.341 e. The lowest BCUT2D eigenvalue weighted by molar-refractivity contribution is 0.243. The molecule has 0 rings (SSSR count). The molecule has 3 nitrogen and oxygen atoms in total. The topological polar surface area (TPSA) is 41.1 Å². The Hall–Kier alpha value is -0.730. The monoisotopic (exact) mass is 129 g/mol. The molecule has 0 saturated heterocycles. The summed E-state index contributed by atoms with van der Waals surface area (Å²) in [4.78, 5) is 10.4. The molecule has 0 fully saturated rings. The van der Waals surface area contributed by atoms with Gasteiger partial charge in [-0.1, -0.05) is 13.3 Å². The number of carbonyl (C=O) groups excluding carboxylic acids is 1. The fourth-order valence-electron chi connectivity index (χ4n) is 0.415. The fraction of sp³-hybridized carbons (Fsp3) is 0.667. The second-order valence-electron chi connectivity index (χ2n) is 1.71. The van der Waals surface area contributed by atoms with Crippen molar-refractivity contribution in [3.05, 3.63) is 6.92 Å². The Labute approximate surface area is 55.8 Å². The van der Waals surface area contributed by atoms with Crippen molar-refractivity contribution in [3.63, 3.8) is 0 Å². The van der Waals surface area contributed by atoms with E-state index in [0.717, 1.165) is 12.8 Å². The Morgan fingerprint density at radius 1 is 1.67 bits per heavy atom. The number of unbranched alkanes of at least 4 members (excludes halogenated alkanes) is 1. The molecular formula is C6H13N2O. The van der Waals surface area contributed by atoms with Crippen molar-refractivity contribution in [2.45, 2.75) is 12.8 Å². The first kappa shape index (κ1) is 8.27. The lowest BCUT2D eigenvalue weighted by Gasteiger charge is -2.00. The van der Waals surface area contributed by atoms with Crippen LogP contribution in [-0.2, 0) is 0 Å². The molecule has 0 spiro atoms. The van der Waals surface area contributed by atoms with E-state index in [-0.39, 0.29) is 6.03 Å². The van der Waals surface area contributed by atoms with Gasteiger partial charge in [0.25, 0.3) is 0 Å². The highest BCUT2D eigenvalue weighted by molar-refractivity contribution is 5.73. The average Bonchev–Trinajstić information content (AvgIpc) is 1.89. The average molecular weight is 129 g/mol. The van der Waals surface area contributed by atoms with Crippen molar-refractivity contribution >= 4 is 6.03 Å². The molecule has 0 aromatic carbocycles. The van der Waals surface area contributed by atoms with Crippen molar-refractivity contribution < 1.29 is 4.79 Å². The molecule has 53 valence electrons. The van der Waals surface area contributed by atoms with Gasteiger partial charge in [-0.05, 0) is 6.42 Å². The summed E-state index contributed by atoms with van der Waals surface area (Å²) in [6, 6.07) is -0.122. The summed E-state index contributed by atoms with van der Waals surface area (Å²) in [5.74, 6) is 0. The van der Waals surface area contributed by atoms with Crippen molar-refractivity contribution in [3.8, 4) is 0 Å². The van der Waals surface area contributed by atoms with Crippen LogP contribution in [0.4, 0.5) is 4.79 Å². The van der Waals surface area contributed by atoms with E-state index in [1.54, 1.807) is 7.05 Å². The molecule has 0 bridgehead atoms. The molecule has 0 heterocycles. The maximum atomic E-state index is 10.4. The first-order chi connectivity index (χ1) is 4.31. The maximum Gasteiger partial charge on any atom is 0.314 e. The van der Waals surface area contributed by atoms with Crippen molar-refractivity contribution in [2.75, 3.05) is 13.6 Å². The minimum atomic E-state index is -0.122. The van der Waals surface area contributed by atoms with E-state index in [2.05, 4.69) is 17.6 Å². The molecule has 0 unspecified atom stereocenters. The van der Waals surface area contributed by atoms with Crippen LogP contribution in [-0.4, -0.2) is 19.6 Å². The van der Waals surface area contributed by atoms with Gasteiger partial charge in [-0.15, -0.1) is 0 Å². The molecule has 0 aliphatic rings. The van der Waals surface area contributed by atoms with Gasteiger partial charge in [-0.2, -0.15) is 0 Å². The Bertz CT molecular complexity index is 83.1. The van der Waals surface area contributed by atoms with Gasteiger partial charge < -0.3 is 10.6 Å². The van der Waals surface area contributed by atoms with E-state index in [1.807, 2.05) is 0 Å². The summed E-state index contributed by atoms with van der Waals surface area (Å²) in [5, 5.41) is 5.10. The number of rotatable bonds is 3. The molecule has 0 aromatic rings. The molecule has 2 N–H and O–H groups in total. The number of nitrogens with one attached hydrogen (secondary N) is 2. The third-order valence-corrected chi connectivity index (χ3v) is 0.939. The van der Waals surface area contributed by atoms with Crippen LogP contribution >= 0.6 is 0 Å². The Balaban J connectivity index is 2.97. The molecule has 9 heavy (non-hydrogen) atoms. The van der Waals surface area contributed by atoms with E-state index in [1.165, 1.54) is 0 Å². The number of urea groups is 1. The lowest BCUT2D eigenvalue weighted by atomic mass is 10.3. The van der Waals surface area contributed by atoms with Crippen LogP contribution in [0.25, 0.3) is 0 Å². The van der Waals surface area contributed by atoms with Gasteiger partial charge in [0.2, 0.25) is 0 Å². The van der Waals surface area contributed by atoms with Gasteiger partial charge in [0.05, 0.1) is 0 Å². The molecule has 0 saturated carbocycles. The SMILES string of the molecule is [CH2]CCCNC(=O)NC. The van der Waals surface area contributed by atoms with Crippen LogP contribution in [0, 0.1) is 6.92 Å². The highest BCUT2D eigenvalue weighted by Gasteiger charge is 1.90. The van der Waals surface area contributed by atoms with Crippen molar-refractivity contribution in [1.29, 1.82) is 0 Å². The lowest BCUT2D eigenvalue weighted by Crippen LogP contribution is -2.33. The molecule has 3 heteroatoms. The Morgan fingerprint density at radius 3 is 2.78 bits per heavy atom. The van der Waals surface area contributed by atoms with Crippen LogP contribution in [0.5, 0.6) is 0 Å². The van der Waals surface area contributed by atoms with Crippen LogP contribution in [0.2, 0.25) is 0 Å². The highest BCUT2D eigenvalue weighted by Crippen LogP contribution is 1.80. The standard InChI is InChI=1S/C6H13N2O/c1-3-4-5-8-6(9)7-2/h1,3-5H2,2H3,(H2,7,8,9). The summed E-state index contributed by atoms with van der Waals surface area (Å²) in [5.41, 5.74) is 0. The largest absolute Gasteiger partial charge is 0.341 e. The van der Waals surface area contributed by atoms with Crippen LogP contribution in [0.1, 0.15) is 12.8 Å². The van der Waals surface area contributed by atoms with Crippen LogP contribution in [0.3, 0.4) is 0 Å². The van der Waals surface area contributed by atoms with E-state index in [9.17, 15) is 4.79 Å². The number of hydrogen-bond donors (Lipinski definition) is 2. The quantitative estimate of drug-likeness (QED) is 0.536. The molecule has 2 amide bonds. The van der Waals surface area contributed by atoms with Crippen LogP contribution in [0.15, 0.2) is 0 Å². The molecule has 1 radical (unpaired) electrons. The highest BCUT2D eigenvalue weighted by atomic mass is 16.2. The smallest absolute Gasteiger partial charge is 0.314 e. The zero-order chi connectivity index (χ0) is 7.11. The molecule has 0 atom stereocenters. The van der Waals surface area contributed by atoms with E-state index in [0.29, 0.717) is 6.54 Å². The van der Waals surface area contributed by atoms with Gasteiger partial charge in [0.1, 0.15) is 0 Å². The van der Waals surface area contributed by atoms with Gasteiger partial charge >= 0.3 is 6.03 Å². The maximum absolute atomic E-state index is 10.4. The van der Waals surface area contributed by atoms with Gasteiger partial charge in [-0.25, -0.2) is 4.79 Å². The molecule has 0 aliphatic heterocycles. The van der Waals surface area contributed by atoms with Crippen molar-refractivity contribution in [1.82, 2.24) is 10.6 Å². The molecule has 0 aliphatic carbocycles. The summed E-state index contributed by atoms with van der Waals surface area (Å²) >= 11 is 0. The summed E-state index contributed by atoms with van der Waals surface area (Å²) < 4.78 is 0. The number of hydrogen-bond acceptors (Lipinski definition) is 1. The third-order valence-electron chi connectivity index (χ3n) is 0.939. The zero-order valence-corrected chi connectivity index (χ0v) is 5.74. The zero-order valence-electron chi connectivity index (χ0n) is 5.74. The van der Waals surface area contributed by atoms with E-state index >= 15 is 0 Å². The second-order valence-corrected chi connectivity index (χ2v) is 1.71. The van der Waals surface area contributed by atoms with E-state index < -0.39 is 0 Å². The predicted octanol–water partition coefficient (Wildman–Crippen LogP) is 0.530. The number of amides is 2. The molecule has 0 aromatic heterocycles. The third kappa shape index (κ3) is 5.14. The van der Waals surface area contributed by atoms with Crippen LogP contribution < -0.4 is 10.6 Å². The number of carbonyl (C=O) groups is 1. The van der Waals surface area contributed by atoms with E-state index in [4.69, 9.17) is 0 Å². The first-order valence-electron chi connectivity index (χ1n) is 3.06. The normalized spacial score (nSPS) is 8.67. The summed E-state index contributed by atoms with van der Waals surface area (Å²) in [6.45, 7) is 4.35. The summed E-state index contributed by atoms with van der Waals surface area (Å²) in [7, 11) is 1.60. The van der Waals surface area contributed by atoms with Gasteiger partial charge in [0, 0.05) is 13.6 Å². The molecular weight excluding hydrogens is 116 g/mol. The van der Waals surface area contributed by atoms with Crippen molar-refractivity contribution in [2.24, 2.45) is 0 Å². The Kier molecular flexibility index (Phi) is 4.97. The first-order valence-corrected chi connectivity index (χ1v) is 3.06. The summed E-state index contributed by atoms with van der Waals surface area (Å²) in [6.07, 6.45) is 1.80. The van der Waals surface area contributed by atoms with Gasteiger partial charge in [-0.3, -0.25) is 0 Å². The minimum absolute atomic E-state index is 0.122. The Morgan fingerprint density at radius 2 is 2.33 bits per heavy atom.